The van der Waals surface area contributed by atoms with E-state index in [0.29, 0.717) is 18.8 Å². The van der Waals surface area contributed by atoms with E-state index >= 15 is 0 Å². The molecule has 5 rings (SSSR count). The van der Waals surface area contributed by atoms with Crippen molar-refractivity contribution in [2.75, 3.05) is 25.1 Å². The molecule has 4 aliphatic rings. The molecule has 1 saturated carbocycles. The van der Waals surface area contributed by atoms with Crippen LogP contribution >= 0.6 is 0 Å². The van der Waals surface area contributed by atoms with E-state index in [0.717, 1.165) is 45.2 Å². The summed E-state index contributed by atoms with van der Waals surface area (Å²) in [5.41, 5.74) is 1.76. The minimum Gasteiger partial charge on any atom is -0.444 e. The zero-order valence-electron chi connectivity index (χ0n) is 22.4. The number of ether oxygens (including phenoxy) is 2. The molecule has 0 bridgehead atoms. The SMILES string of the molecule is COC1CN(c2ccncc2C2CC(C(=O)[C@@H]3CC[C@@H]4CCC[C@H](NC(=O)OC(C)(C)C)C(=O)N43)C2)C1. The van der Waals surface area contributed by atoms with E-state index in [1.165, 1.54) is 11.3 Å². The van der Waals surface area contributed by atoms with Gasteiger partial charge in [-0.05, 0) is 83.3 Å². The molecule has 1 N–H and O–H groups in total. The van der Waals surface area contributed by atoms with Crippen molar-refractivity contribution in [2.24, 2.45) is 5.92 Å². The number of Topliss-reactive ketones (excluding diaryl/α,β-unsaturated/α-hetero) is 1. The van der Waals surface area contributed by atoms with Crippen molar-refractivity contribution in [1.29, 1.82) is 0 Å². The van der Waals surface area contributed by atoms with Crippen molar-refractivity contribution in [2.45, 2.75) is 101 Å². The molecule has 3 saturated heterocycles. The van der Waals surface area contributed by atoms with Crippen LogP contribution in [0, 0.1) is 5.92 Å². The van der Waals surface area contributed by atoms with E-state index in [9.17, 15) is 14.4 Å². The number of aromatic nitrogens is 1. The summed E-state index contributed by atoms with van der Waals surface area (Å²) in [5.74, 6) is 0.301. The molecule has 0 radical (unpaired) electrons. The molecule has 37 heavy (non-hydrogen) atoms. The minimum absolute atomic E-state index is 0.0433. The molecule has 4 heterocycles. The maximum absolute atomic E-state index is 13.7. The summed E-state index contributed by atoms with van der Waals surface area (Å²) >= 11 is 0. The maximum Gasteiger partial charge on any atom is 0.408 e. The number of hydrogen-bond donors (Lipinski definition) is 1. The van der Waals surface area contributed by atoms with Crippen LogP contribution in [0.2, 0.25) is 0 Å². The number of pyridine rings is 1. The van der Waals surface area contributed by atoms with Gasteiger partial charge < -0.3 is 24.6 Å². The number of nitrogens with zero attached hydrogens (tertiary/aromatic N) is 3. The number of methoxy groups -OCH3 is 1. The second-order valence-electron chi connectivity index (χ2n) is 12.1. The molecule has 0 spiro atoms. The Morgan fingerprint density at radius 2 is 1.86 bits per heavy atom. The van der Waals surface area contributed by atoms with E-state index < -0.39 is 23.8 Å². The fourth-order valence-electron chi connectivity index (χ4n) is 6.39. The normalized spacial score (nSPS) is 30.2. The van der Waals surface area contributed by atoms with Gasteiger partial charge in [0, 0.05) is 50.2 Å². The molecule has 2 amide bonds. The quantitative estimate of drug-likeness (QED) is 0.623. The van der Waals surface area contributed by atoms with Crippen LogP contribution in [0.3, 0.4) is 0 Å². The topological polar surface area (TPSA) is 101 Å². The summed E-state index contributed by atoms with van der Waals surface area (Å²) in [6.07, 6.45) is 8.87. The monoisotopic (exact) mass is 512 g/mol. The highest BCUT2D eigenvalue weighted by atomic mass is 16.6. The molecular formula is C28H40N4O5. The van der Waals surface area contributed by atoms with Crippen LogP contribution in [0.15, 0.2) is 18.5 Å². The lowest BCUT2D eigenvalue weighted by molar-refractivity contribution is -0.143. The van der Waals surface area contributed by atoms with Crippen molar-refractivity contribution >= 4 is 23.5 Å². The molecule has 3 aliphatic heterocycles. The zero-order valence-corrected chi connectivity index (χ0v) is 22.4. The summed E-state index contributed by atoms with van der Waals surface area (Å²) in [6, 6.07) is 1.10. The fourth-order valence-corrected chi connectivity index (χ4v) is 6.39. The summed E-state index contributed by atoms with van der Waals surface area (Å²) in [7, 11) is 1.75. The maximum atomic E-state index is 13.7. The Bertz CT molecular complexity index is 1030. The third kappa shape index (κ3) is 5.33. The summed E-state index contributed by atoms with van der Waals surface area (Å²) in [4.78, 5) is 48.1. The molecule has 202 valence electrons. The zero-order chi connectivity index (χ0) is 26.3. The van der Waals surface area contributed by atoms with Crippen LogP contribution in [0.5, 0.6) is 0 Å². The van der Waals surface area contributed by atoms with E-state index in [1.54, 1.807) is 27.9 Å². The van der Waals surface area contributed by atoms with E-state index in [-0.39, 0.29) is 29.8 Å². The fraction of sp³-hybridized carbons (Fsp3) is 0.714. The summed E-state index contributed by atoms with van der Waals surface area (Å²) in [5, 5.41) is 2.77. The van der Waals surface area contributed by atoms with Gasteiger partial charge >= 0.3 is 6.09 Å². The predicted octanol–water partition coefficient (Wildman–Crippen LogP) is 3.42. The number of nitrogens with one attached hydrogen (secondary N) is 1. The molecule has 1 aromatic heterocycles. The molecule has 0 aromatic carbocycles. The van der Waals surface area contributed by atoms with Gasteiger partial charge in [0.2, 0.25) is 5.91 Å². The molecule has 9 heteroatoms. The van der Waals surface area contributed by atoms with Crippen LogP contribution in [0.25, 0.3) is 0 Å². The van der Waals surface area contributed by atoms with Crippen LogP contribution < -0.4 is 10.2 Å². The summed E-state index contributed by atoms with van der Waals surface area (Å²) < 4.78 is 10.8. The smallest absolute Gasteiger partial charge is 0.408 e. The first kappa shape index (κ1) is 25.9. The highest BCUT2D eigenvalue weighted by molar-refractivity contribution is 5.94. The van der Waals surface area contributed by atoms with Crippen LogP contribution in [0.1, 0.15) is 77.2 Å². The number of fused-ring (bicyclic) bond motifs is 1. The number of anilines is 1. The number of rotatable bonds is 6. The Balaban J connectivity index is 1.22. The number of amides is 2. The second kappa shape index (κ2) is 10.2. The Hall–Kier alpha value is -2.68. The molecule has 3 atom stereocenters. The van der Waals surface area contributed by atoms with E-state index in [4.69, 9.17) is 9.47 Å². The van der Waals surface area contributed by atoms with Crippen LogP contribution in [0.4, 0.5) is 10.5 Å². The van der Waals surface area contributed by atoms with Crippen molar-refractivity contribution in [3.63, 3.8) is 0 Å². The van der Waals surface area contributed by atoms with Gasteiger partial charge in [-0.3, -0.25) is 14.6 Å². The van der Waals surface area contributed by atoms with Gasteiger partial charge in [-0.1, -0.05) is 0 Å². The summed E-state index contributed by atoms with van der Waals surface area (Å²) in [6.45, 7) is 7.15. The third-order valence-electron chi connectivity index (χ3n) is 8.43. The molecule has 0 unspecified atom stereocenters. The highest BCUT2D eigenvalue weighted by Gasteiger charge is 2.48. The lowest BCUT2D eigenvalue weighted by Crippen LogP contribution is -2.54. The van der Waals surface area contributed by atoms with Gasteiger partial charge in [0.25, 0.3) is 0 Å². The van der Waals surface area contributed by atoms with Crippen molar-refractivity contribution < 1.29 is 23.9 Å². The predicted molar refractivity (Wildman–Crippen MR) is 138 cm³/mol. The van der Waals surface area contributed by atoms with Crippen LogP contribution in [-0.2, 0) is 19.1 Å². The number of ketones is 1. The number of hydrogen-bond acceptors (Lipinski definition) is 7. The van der Waals surface area contributed by atoms with Crippen molar-refractivity contribution in [1.82, 2.24) is 15.2 Å². The average molecular weight is 513 g/mol. The number of carbonyl (C=O) groups is 3. The Kier molecular flexibility index (Phi) is 7.18. The lowest BCUT2D eigenvalue weighted by Gasteiger charge is -2.44. The van der Waals surface area contributed by atoms with E-state index in [2.05, 4.69) is 21.3 Å². The largest absolute Gasteiger partial charge is 0.444 e. The van der Waals surface area contributed by atoms with Crippen molar-refractivity contribution in [3.05, 3.63) is 24.0 Å². The first-order chi connectivity index (χ1) is 17.6. The third-order valence-corrected chi connectivity index (χ3v) is 8.43. The molecule has 1 aromatic rings. The van der Waals surface area contributed by atoms with Gasteiger partial charge in [0.05, 0.1) is 12.1 Å². The second-order valence-corrected chi connectivity index (χ2v) is 12.1. The van der Waals surface area contributed by atoms with Gasteiger partial charge in [0.15, 0.2) is 5.78 Å². The standard InChI is InChI=1S/C28H40N4O5/c1-28(2,3)37-27(35)30-22-7-5-6-19-8-9-24(32(19)26(22)34)25(33)18-12-17(13-18)21-14-29-11-10-23(21)31-15-20(16-31)36-4/h10-11,14,17-20,22,24H,5-9,12-13,15-16H2,1-4H3,(H,30,35)/t17?,18?,19-,22-,24-/m0/s1. The average Bonchev–Trinajstić information content (AvgIpc) is 3.13. The molecular weight excluding hydrogens is 472 g/mol. The lowest BCUT2D eigenvalue weighted by atomic mass is 9.68. The Morgan fingerprint density at radius 1 is 1.11 bits per heavy atom. The first-order valence-electron chi connectivity index (χ1n) is 13.7. The minimum atomic E-state index is -0.646. The van der Waals surface area contributed by atoms with Gasteiger partial charge in [-0.2, -0.15) is 0 Å². The first-order valence-corrected chi connectivity index (χ1v) is 13.7. The number of alkyl carbamates (subject to hydrolysis) is 1. The number of carbonyl (C=O) groups excluding carboxylic acids is 3. The van der Waals surface area contributed by atoms with Crippen molar-refractivity contribution in [3.8, 4) is 0 Å². The molecule has 4 fully saturated rings. The van der Waals surface area contributed by atoms with Gasteiger partial charge in [-0.25, -0.2) is 4.79 Å². The van der Waals surface area contributed by atoms with Crippen LogP contribution in [-0.4, -0.2) is 77.7 Å². The van der Waals surface area contributed by atoms with Gasteiger partial charge in [0.1, 0.15) is 11.6 Å². The molecule has 1 aliphatic carbocycles. The Labute approximate surface area is 219 Å². The Morgan fingerprint density at radius 3 is 2.57 bits per heavy atom. The van der Waals surface area contributed by atoms with E-state index in [1.807, 2.05) is 17.3 Å². The van der Waals surface area contributed by atoms with Gasteiger partial charge in [-0.15, -0.1) is 0 Å². The highest BCUT2D eigenvalue weighted by Crippen LogP contribution is 2.47. The molecule has 9 nitrogen and oxygen atoms in total.